The molecule has 0 bridgehead atoms. The molecule has 0 aliphatic heterocycles. The summed E-state index contributed by atoms with van der Waals surface area (Å²) >= 11 is 0. The summed E-state index contributed by atoms with van der Waals surface area (Å²) in [5.74, 6) is -0.343. The molecule has 9 heteroatoms. The summed E-state index contributed by atoms with van der Waals surface area (Å²) in [5, 5.41) is 9.39. The van der Waals surface area contributed by atoms with Crippen LogP contribution >= 0.6 is 0 Å². The van der Waals surface area contributed by atoms with Gasteiger partial charge < -0.3 is 24.4 Å². The van der Waals surface area contributed by atoms with Crippen molar-refractivity contribution in [3.8, 4) is 22.6 Å². The van der Waals surface area contributed by atoms with Crippen LogP contribution in [0.3, 0.4) is 0 Å². The van der Waals surface area contributed by atoms with E-state index >= 15 is 0 Å². The molecule has 3 aromatic carbocycles. The number of aliphatic carboxylic acids is 1. The van der Waals surface area contributed by atoms with Crippen molar-refractivity contribution < 1.29 is 29.0 Å². The molecule has 0 aliphatic rings. The fourth-order valence-electron chi connectivity index (χ4n) is 4.65. The third-order valence-electron chi connectivity index (χ3n) is 6.91. The average molecular weight is 568 g/mol. The SMILES string of the molecule is COc1cc(CCN(CCC(=O)O)C(=O)c2ccccc2-c2ccccc2C(=O)N(C)c2cccnc2)cc(OC)c1. The smallest absolute Gasteiger partial charge is 0.305 e. The van der Waals surface area contributed by atoms with Crippen LogP contribution in [0.1, 0.15) is 32.7 Å². The zero-order valence-electron chi connectivity index (χ0n) is 23.8. The van der Waals surface area contributed by atoms with Crippen LogP contribution in [0.25, 0.3) is 11.1 Å². The van der Waals surface area contributed by atoms with Crippen molar-refractivity contribution in [2.45, 2.75) is 12.8 Å². The zero-order valence-corrected chi connectivity index (χ0v) is 23.8. The molecule has 1 heterocycles. The van der Waals surface area contributed by atoms with Crippen molar-refractivity contribution in [3.05, 3.63) is 108 Å². The fraction of sp³-hybridized carbons (Fsp3) is 0.212. The number of ether oxygens (including phenoxy) is 2. The molecule has 1 aromatic heterocycles. The van der Waals surface area contributed by atoms with Crippen LogP contribution in [0, 0.1) is 0 Å². The van der Waals surface area contributed by atoms with Crippen molar-refractivity contribution in [1.82, 2.24) is 9.88 Å². The quantitative estimate of drug-likeness (QED) is 0.251. The maximum absolute atomic E-state index is 14.0. The third-order valence-corrected chi connectivity index (χ3v) is 6.91. The first-order chi connectivity index (χ1) is 20.3. The molecule has 4 aromatic rings. The number of nitrogens with zero attached hydrogens (tertiary/aromatic N) is 3. The van der Waals surface area contributed by atoms with Gasteiger partial charge >= 0.3 is 5.97 Å². The van der Waals surface area contributed by atoms with Crippen LogP contribution < -0.4 is 14.4 Å². The first-order valence-corrected chi connectivity index (χ1v) is 13.4. The molecule has 0 saturated carbocycles. The summed E-state index contributed by atoms with van der Waals surface area (Å²) in [7, 11) is 4.80. The molecule has 9 nitrogen and oxygen atoms in total. The van der Waals surface area contributed by atoms with Gasteiger partial charge in [0.15, 0.2) is 0 Å². The number of carbonyl (C=O) groups is 3. The molecule has 2 amide bonds. The molecule has 0 aliphatic carbocycles. The number of rotatable bonds is 12. The second-order valence-electron chi connectivity index (χ2n) is 9.57. The summed E-state index contributed by atoms with van der Waals surface area (Å²) in [4.78, 5) is 46.3. The van der Waals surface area contributed by atoms with Crippen molar-refractivity contribution >= 4 is 23.5 Å². The summed E-state index contributed by atoms with van der Waals surface area (Å²) in [6.07, 6.45) is 3.49. The van der Waals surface area contributed by atoms with E-state index in [0.29, 0.717) is 45.9 Å². The molecular weight excluding hydrogens is 534 g/mol. The normalized spacial score (nSPS) is 10.5. The number of anilines is 1. The minimum atomic E-state index is -1.00. The van der Waals surface area contributed by atoms with Gasteiger partial charge in [-0.3, -0.25) is 19.4 Å². The Hall–Kier alpha value is -5.18. The maximum atomic E-state index is 14.0. The summed E-state index contributed by atoms with van der Waals surface area (Å²) in [5.41, 5.74) is 3.48. The van der Waals surface area contributed by atoms with E-state index in [4.69, 9.17) is 9.47 Å². The van der Waals surface area contributed by atoms with E-state index in [0.717, 1.165) is 5.56 Å². The van der Waals surface area contributed by atoms with E-state index in [9.17, 15) is 19.5 Å². The number of hydrogen-bond donors (Lipinski definition) is 1. The summed E-state index contributed by atoms with van der Waals surface area (Å²) in [6.45, 7) is 0.287. The van der Waals surface area contributed by atoms with Crippen LogP contribution in [-0.4, -0.2) is 67.1 Å². The summed E-state index contributed by atoms with van der Waals surface area (Å²) < 4.78 is 10.7. The van der Waals surface area contributed by atoms with Gasteiger partial charge in [0.1, 0.15) is 11.5 Å². The number of carbonyl (C=O) groups excluding carboxylic acids is 2. The second kappa shape index (κ2) is 13.9. The first-order valence-electron chi connectivity index (χ1n) is 13.4. The van der Waals surface area contributed by atoms with Gasteiger partial charge in [0, 0.05) is 43.5 Å². The Morgan fingerprint density at radius 1 is 0.786 bits per heavy atom. The van der Waals surface area contributed by atoms with Gasteiger partial charge in [-0.2, -0.15) is 0 Å². The molecule has 0 spiro atoms. The van der Waals surface area contributed by atoms with E-state index in [1.54, 1.807) is 88.3 Å². The van der Waals surface area contributed by atoms with E-state index in [2.05, 4.69) is 4.98 Å². The molecule has 0 atom stereocenters. The predicted octanol–water partition coefficient (Wildman–Crippen LogP) is 5.20. The van der Waals surface area contributed by atoms with Gasteiger partial charge in [0.05, 0.1) is 32.5 Å². The van der Waals surface area contributed by atoms with Crippen molar-refractivity contribution in [3.63, 3.8) is 0 Å². The number of carboxylic acid groups (broad SMARTS) is 1. The second-order valence-corrected chi connectivity index (χ2v) is 9.57. The Balaban J connectivity index is 1.67. The fourth-order valence-corrected chi connectivity index (χ4v) is 4.65. The number of amides is 2. The molecule has 4 rings (SSSR count). The Morgan fingerprint density at radius 2 is 1.38 bits per heavy atom. The molecule has 216 valence electrons. The molecule has 0 saturated heterocycles. The van der Waals surface area contributed by atoms with E-state index in [1.165, 1.54) is 9.80 Å². The van der Waals surface area contributed by atoms with Crippen molar-refractivity contribution in [1.29, 1.82) is 0 Å². The van der Waals surface area contributed by atoms with E-state index < -0.39 is 5.97 Å². The Bertz CT molecular complexity index is 1530. The van der Waals surface area contributed by atoms with Crippen molar-refractivity contribution in [2.24, 2.45) is 0 Å². The zero-order chi connectivity index (χ0) is 30.1. The molecule has 0 fully saturated rings. The Labute approximate surface area is 244 Å². The highest BCUT2D eigenvalue weighted by atomic mass is 16.5. The monoisotopic (exact) mass is 567 g/mol. The van der Waals surface area contributed by atoms with Crippen molar-refractivity contribution in [2.75, 3.05) is 39.3 Å². The van der Waals surface area contributed by atoms with Crippen LogP contribution in [0.2, 0.25) is 0 Å². The lowest BCUT2D eigenvalue weighted by Gasteiger charge is -2.24. The Morgan fingerprint density at radius 3 is 1.93 bits per heavy atom. The Kier molecular flexibility index (Phi) is 9.89. The highest BCUT2D eigenvalue weighted by Crippen LogP contribution is 2.30. The van der Waals surface area contributed by atoms with Gasteiger partial charge in [0.2, 0.25) is 0 Å². The summed E-state index contributed by atoms with van der Waals surface area (Å²) in [6, 6.07) is 23.2. The number of carboxylic acids is 1. The third kappa shape index (κ3) is 7.11. The van der Waals surface area contributed by atoms with Gasteiger partial charge in [-0.05, 0) is 59.5 Å². The van der Waals surface area contributed by atoms with Crippen LogP contribution in [0.5, 0.6) is 11.5 Å². The highest BCUT2D eigenvalue weighted by molar-refractivity contribution is 6.11. The molecule has 0 radical (unpaired) electrons. The standard InChI is InChI=1S/C33H33N3O6/c1-35(24-9-8-16-34-22-24)32(39)29-12-6-4-10-27(29)28-11-5-7-13-30(28)33(40)36(18-15-31(37)38)17-14-23-19-25(41-2)21-26(20-23)42-3/h4-13,16,19-22H,14-15,17-18H2,1-3H3,(H,37,38). The van der Waals surface area contributed by atoms with E-state index in [1.807, 2.05) is 24.3 Å². The minimum Gasteiger partial charge on any atom is -0.497 e. The molecule has 1 N–H and O–H groups in total. The number of pyridine rings is 1. The number of benzene rings is 3. The maximum Gasteiger partial charge on any atom is 0.305 e. The highest BCUT2D eigenvalue weighted by Gasteiger charge is 2.24. The largest absolute Gasteiger partial charge is 0.497 e. The minimum absolute atomic E-state index is 0.0218. The number of hydrogen-bond acceptors (Lipinski definition) is 6. The predicted molar refractivity (Wildman–Crippen MR) is 160 cm³/mol. The number of methoxy groups -OCH3 is 2. The lowest BCUT2D eigenvalue weighted by Crippen LogP contribution is -2.35. The lowest BCUT2D eigenvalue weighted by molar-refractivity contribution is -0.137. The van der Waals surface area contributed by atoms with Gasteiger partial charge in [-0.25, -0.2) is 0 Å². The molecular formula is C33H33N3O6. The average Bonchev–Trinajstić information content (AvgIpc) is 3.03. The number of aromatic nitrogens is 1. The van der Waals surface area contributed by atoms with Crippen LogP contribution in [0.15, 0.2) is 91.3 Å². The molecule has 0 unspecified atom stereocenters. The van der Waals surface area contributed by atoms with E-state index in [-0.39, 0.29) is 31.3 Å². The van der Waals surface area contributed by atoms with Gasteiger partial charge in [-0.15, -0.1) is 0 Å². The van der Waals surface area contributed by atoms with Crippen LogP contribution in [-0.2, 0) is 11.2 Å². The first kappa shape index (κ1) is 29.8. The van der Waals surface area contributed by atoms with Crippen LogP contribution in [0.4, 0.5) is 5.69 Å². The lowest BCUT2D eigenvalue weighted by atomic mass is 9.94. The molecule has 42 heavy (non-hydrogen) atoms. The van der Waals surface area contributed by atoms with Gasteiger partial charge in [0.25, 0.3) is 11.8 Å². The topological polar surface area (TPSA) is 109 Å². The van der Waals surface area contributed by atoms with Gasteiger partial charge in [-0.1, -0.05) is 36.4 Å².